The maximum absolute atomic E-state index is 9.72. The van der Waals surface area contributed by atoms with Crippen LogP contribution in [0.4, 0.5) is 0 Å². The second kappa shape index (κ2) is 9.44. The van der Waals surface area contributed by atoms with Crippen molar-refractivity contribution >= 4 is 0 Å². The van der Waals surface area contributed by atoms with Crippen molar-refractivity contribution in [1.82, 2.24) is 0 Å². The van der Waals surface area contributed by atoms with Crippen LogP contribution in [0.5, 0.6) is 0 Å². The van der Waals surface area contributed by atoms with Gasteiger partial charge in [0.1, 0.15) is 24.4 Å². The number of ether oxygens (including phenoxy) is 2. The molecule has 0 unspecified atom stereocenters. The third-order valence-corrected chi connectivity index (χ3v) is 3.34. The predicted molar refractivity (Wildman–Crippen MR) is 71.9 cm³/mol. The summed E-state index contributed by atoms with van der Waals surface area (Å²) < 4.78 is 10.8. The van der Waals surface area contributed by atoms with Gasteiger partial charge in [-0.15, -0.1) is 6.58 Å². The highest BCUT2D eigenvalue weighted by Crippen LogP contribution is 2.21. The molecule has 0 aliphatic carbocycles. The van der Waals surface area contributed by atoms with E-state index < -0.39 is 31.0 Å². The second-order valence-electron chi connectivity index (χ2n) is 4.94. The van der Waals surface area contributed by atoms with E-state index in [9.17, 15) is 10.2 Å². The summed E-state index contributed by atoms with van der Waals surface area (Å²) in [6.45, 7) is 3.97. The topological polar surface area (TPSA) is 79.2 Å². The number of aliphatic hydroxyl groups excluding tert-OH is 3. The zero-order valence-corrected chi connectivity index (χ0v) is 11.4. The van der Waals surface area contributed by atoms with Crippen LogP contribution in [0.3, 0.4) is 0 Å². The molecule has 5 heteroatoms. The summed E-state index contributed by atoms with van der Waals surface area (Å²) in [5, 5.41) is 28.2. The first-order chi connectivity index (χ1) is 9.20. The molecule has 3 N–H and O–H groups in total. The van der Waals surface area contributed by atoms with Crippen molar-refractivity contribution < 1.29 is 24.8 Å². The molecule has 0 aromatic carbocycles. The van der Waals surface area contributed by atoms with E-state index in [1.165, 1.54) is 0 Å². The largest absolute Gasteiger partial charge is 0.394 e. The zero-order chi connectivity index (χ0) is 14.1. The van der Waals surface area contributed by atoms with Crippen LogP contribution in [0.15, 0.2) is 12.7 Å². The fourth-order valence-electron chi connectivity index (χ4n) is 2.22. The minimum absolute atomic E-state index is 0.145. The van der Waals surface area contributed by atoms with Crippen molar-refractivity contribution in [2.24, 2.45) is 0 Å². The van der Waals surface area contributed by atoms with Crippen molar-refractivity contribution in [2.75, 3.05) is 19.8 Å². The molecule has 0 spiro atoms. The van der Waals surface area contributed by atoms with Crippen LogP contribution in [-0.4, -0.2) is 59.6 Å². The molecule has 1 rings (SSSR count). The van der Waals surface area contributed by atoms with Gasteiger partial charge in [-0.05, 0) is 19.3 Å². The van der Waals surface area contributed by atoms with Gasteiger partial charge in [0.05, 0.1) is 13.2 Å². The zero-order valence-electron chi connectivity index (χ0n) is 11.4. The van der Waals surface area contributed by atoms with E-state index in [1.807, 2.05) is 6.08 Å². The average Bonchev–Trinajstić information content (AvgIpc) is 2.78. The lowest BCUT2D eigenvalue weighted by atomic mass is 10.1. The fourth-order valence-corrected chi connectivity index (χ4v) is 2.22. The number of aliphatic hydroxyl groups is 3. The Labute approximate surface area is 114 Å². The van der Waals surface area contributed by atoms with Crippen LogP contribution >= 0.6 is 0 Å². The van der Waals surface area contributed by atoms with E-state index >= 15 is 0 Å². The van der Waals surface area contributed by atoms with E-state index in [-0.39, 0.29) is 6.61 Å². The van der Waals surface area contributed by atoms with E-state index in [1.54, 1.807) is 0 Å². The maximum Gasteiger partial charge on any atom is 0.114 e. The molecular weight excluding hydrogens is 248 g/mol. The lowest BCUT2D eigenvalue weighted by Gasteiger charge is -2.23. The van der Waals surface area contributed by atoms with Crippen molar-refractivity contribution in [1.29, 1.82) is 0 Å². The van der Waals surface area contributed by atoms with Gasteiger partial charge < -0.3 is 24.8 Å². The van der Waals surface area contributed by atoms with E-state index in [0.717, 1.165) is 32.1 Å². The first kappa shape index (κ1) is 16.6. The summed E-state index contributed by atoms with van der Waals surface area (Å²) in [7, 11) is 0. The van der Waals surface area contributed by atoms with Crippen molar-refractivity contribution in [3.63, 3.8) is 0 Å². The number of allylic oxidation sites excluding steroid dienone is 1. The highest BCUT2D eigenvalue weighted by atomic mass is 16.6. The van der Waals surface area contributed by atoms with Gasteiger partial charge in [0.25, 0.3) is 0 Å². The average molecular weight is 274 g/mol. The van der Waals surface area contributed by atoms with Crippen LogP contribution < -0.4 is 0 Å². The molecule has 0 bridgehead atoms. The highest BCUT2D eigenvalue weighted by Gasteiger charge is 2.40. The molecule has 1 aliphatic heterocycles. The summed E-state index contributed by atoms with van der Waals surface area (Å²) >= 11 is 0. The lowest BCUT2D eigenvalue weighted by molar-refractivity contribution is -0.0938. The van der Waals surface area contributed by atoms with Gasteiger partial charge >= 0.3 is 0 Å². The van der Waals surface area contributed by atoms with Crippen molar-refractivity contribution in [2.45, 2.75) is 56.5 Å². The van der Waals surface area contributed by atoms with Gasteiger partial charge in [0, 0.05) is 6.61 Å². The van der Waals surface area contributed by atoms with Gasteiger partial charge in [0.2, 0.25) is 0 Å². The number of rotatable bonds is 10. The minimum atomic E-state index is -1.00. The van der Waals surface area contributed by atoms with Crippen LogP contribution in [0, 0.1) is 0 Å². The first-order valence-corrected chi connectivity index (χ1v) is 7.01. The molecule has 0 saturated carbocycles. The molecule has 112 valence electrons. The van der Waals surface area contributed by atoms with Crippen LogP contribution in [0.2, 0.25) is 0 Å². The third kappa shape index (κ3) is 5.58. The molecule has 0 aromatic rings. The van der Waals surface area contributed by atoms with Gasteiger partial charge in [-0.25, -0.2) is 0 Å². The predicted octanol–water partition coefficient (Wildman–Crippen LogP) is 0.621. The Morgan fingerprint density at radius 3 is 2.74 bits per heavy atom. The second-order valence-corrected chi connectivity index (χ2v) is 4.94. The van der Waals surface area contributed by atoms with Gasteiger partial charge in [-0.3, -0.25) is 0 Å². The molecule has 19 heavy (non-hydrogen) atoms. The molecule has 0 aromatic heterocycles. The molecule has 1 heterocycles. The molecule has 0 amide bonds. The summed E-state index contributed by atoms with van der Waals surface area (Å²) in [5.41, 5.74) is 0. The monoisotopic (exact) mass is 274 g/mol. The van der Waals surface area contributed by atoms with E-state index in [0.29, 0.717) is 6.61 Å². The van der Waals surface area contributed by atoms with Crippen LogP contribution in [0.25, 0.3) is 0 Å². The summed E-state index contributed by atoms with van der Waals surface area (Å²) in [6, 6.07) is 0. The number of hydrogen-bond donors (Lipinski definition) is 3. The molecule has 4 atom stereocenters. The van der Waals surface area contributed by atoms with Crippen molar-refractivity contribution in [3.8, 4) is 0 Å². The van der Waals surface area contributed by atoms with Crippen molar-refractivity contribution in [3.05, 3.63) is 12.7 Å². The Hall–Kier alpha value is -0.460. The molecule has 5 nitrogen and oxygen atoms in total. The summed E-state index contributed by atoms with van der Waals surface area (Å²) in [6.07, 6.45) is 4.32. The summed E-state index contributed by atoms with van der Waals surface area (Å²) in [5.74, 6) is 0. The first-order valence-electron chi connectivity index (χ1n) is 7.01. The summed E-state index contributed by atoms with van der Waals surface area (Å²) in [4.78, 5) is 0. The maximum atomic E-state index is 9.72. The quantitative estimate of drug-likeness (QED) is 0.402. The lowest BCUT2D eigenvalue weighted by Crippen LogP contribution is -2.42. The standard InChI is InChI=1S/C14H26O5/c1-2-3-4-5-6-7-8-18-14-12(17)10-19-13(14)11(16)9-15/h2,11-17H,1,3-10H2/t11-,12+,13-,14-/m1/s1. The molecule has 1 saturated heterocycles. The Morgan fingerprint density at radius 1 is 1.32 bits per heavy atom. The fraction of sp³-hybridized carbons (Fsp3) is 0.857. The van der Waals surface area contributed by atoms with Crippen LogP contribution in [0.1, 0.15) is 32.1 Å². The molecular formula is C14H26O5. The van der Waals surface area contributed by atoms with E-state index in [2.05, 4.69) is 6.58 Å². The van der Waals surface area contributed by atoms with Gasteiger partial charge in [0.15, 0.2) is 0 Å². The number of hydrogen-bond acceptors (Lipinski definition) is 5. The SMILES string of the molecule is C=CCCCCCCO[C@H]1[C@@H]([C@H](O)CO)OC[C@@H]1O. The van der Waals surface area contributed by atoms with E-state index in [4.69, 9.17) is 14.6 Å². The normalized spacial score (nSPS) is 28.5. The van der Waals surface area contributed by atoms with Gasteiger partial charge in [-0.2, -0.15) is 0 Å². The third-order valence-electron chi connectivity index (χ3n) is 3.34. The van der Waals surface area contributed by atoms with Crippen LogP contribution in [-0.2, 0) is 9.47 Å². The Kier molecular flexibility index (Phi) is 8.25. The molecule has 1 fully saturated rings. The molecule has 0 radical (unpaired) electrons. The van der Waals surface area contributed by atoms with Gasteiger partial charge in [-0.1, -0.05) is 18.9 Å². The Morgan fingerprint density at radius 2 is 2.05 bits per heavy atom. The number of unbranched alkanes of at least 4 members (excludes halogenated alkanes) is 4. The Balaban J connectivity index is 2.17. The minimum Gasteiger partial charge on any atom is -0.394 e. The molecule has 1 aliphatic rings. The Bertz CT molecular complexity index is 246. The smallest absolute Gasteiger partial charge is 0.114 e. The highest BCUT2D eigenvalue weighted by molar-refractivity contribution is 4.89.